The quantitative estimate of drug-likeness (QED) is 0.480. The third-order valence-electron chi connectivity index (χ3n) is 4.57. The monoisotopic (exact) mass is 303 g/mol. The van der Waals surface area contributed by atoms with Crippen LogP contribution in [0.4, 0.5) is 5.82 Å². The Labute approximate surface area is 128 Å². The number of aryl methyl sites for hydroxylation is 1. The van der Waals surface area contributed by atoms with Crippen LogP contribution >= 0.6 is 0 Å². The molecule has 2 aromatic heterocycles. The molecule has 1 fully saturated rings. The van der Waals surface area contributed by atoms with Gasteiger partial charge < -0.3 is 19.4 Å². The first-order chi connectivity index (χ1) is 10.1. The molecular formula is C14H18BN3O4. The average Bonchev–Trinajstić information content (AvgIpc) is 2.87. The number of fused-ring (bicyclic) bond motifs is 1. The lowest BCUT2D eigenvalue weighted by Crippen LogP contribution is -2.41. The molecule has 0 aliphatic carbocycles. The zero-order valence-electron chi connectivity index (χ0n) is 13.3. The van der Waals surface area contributed by atoms with Crippen molar-refractivity contribution in [3.8, 4) is 0 Å². The molecule has 0 aromatic carbocycles. The smallest absolute Gasteiger partial charge is 0.399 e. The van der Waals surface area contributed by atoms with Crippen LogP contribution < -0.4 is 5.46 Å². The van der Waals surface area contributed by atoms with E-state index in [-0.39, 0.29) is 5.82 Å². The molecule has 7 nitrogen and oxygen atoms in total. The number of aromatic nitrogens is 2. The molecule has 2 aromatic rings. The zero-order chi connectivity index (χ0) is 16.3. The van der Waals surface area contributed by atoms with Crippen LogP contribution in [-0.4, -0.2) is 32.6 Å². The van der Waals surface area contributed by atoms with Crippen LogP contribution in [0.15, 0.2) is 18.5 Å². The predicted octanol–water partition coefficient (Wildman–Crippen LogP) is 1.85. The van der Waals surface area contributed by atoms with E-state index in [9.17, 15) is 10.1 Å². The van der Waals surface area contributed by atoms with Crippen molar-refractivity contribution in [2.45, 2.75) is 45.8 Å². The maximum Gasteiger partial charge on any atom is 0.498 e. The highest BCUT2D eigenvalue weighted by molar-refractivity contribution is 6.62. The van der Waals surface area contributed by atoms with Gasteiger partial charge in [-0.3, -0.25) is 0 Å². The van der Waals surface area contributed by atoms with Crippen molar-refractivity contribution in [3.05, 3.63) is 34.1 Å². The SMILES string of the molecule is Cc1cc2ncc([N+](=O)[O-])n2cc1B1OC(C)(C)C(C)(C)O1. The van der Waals surface area contributed by atoms with Gasteiger partial charge in [-0.05, 0) is 45.1 Å². The van der Waals surface area contributed by atoms with Gasteiger partial charge in [0.2, 0.25) is 5.65 Å². The van der Waals surface area contributed by atoms with Crippen molar-refractivity contribution in [2.75, 3.05) is 0 Å². The van der Waals surface area contributed by atoms with Crippen LogP contribution in [0.1, 0.15) is 33.3 Å². The molecule has 1 aliphatic heterocycles. The van der Waals surface area contributed by atoms with Crippen LogP contribution in [0.5, 0.6) is 0 Å². The minimum Gasteiger partial charge on any atom is -0.399 e. The summed E-state index contributed by atoms with van der Waals surface area (Å²) in [5.41, 5.74) is 1.31. The van der Waals surface area contributed by atoms with Crippen LogP contribution in [0.2, 0.25) is 0 Å². The highest BCUT2D eigenvalue weighted by atomic mass is 16.7. The van der Waals surface area contributed by atoms with E-state index in [0.717, 1.165) is 11.0 Å². The van der Waals surface area contributed by atoms with E-state index in [4.69, 9.17) is 9.31 Å². The molecule has 22 heavy (non-hydrogen) atoms. The van der Waals surface area contributed by atoms with Gasteiger partial charge in [-0.1, -0.05) is 0 Å². The Kier molecular flexibility index (Phi) is 3.09. The molecule has 8 heteroatoms. The molecule has 0 radical (unpaired) electrons. The van der Waals surface area contributed by atoms with E-state index in [1.165, 1.54) is 10.6 Å². The highest BCUT2D eigenvalue weighted by Crippen LogP contribution is 2.36. The van der Waals surface area contributed by atoms with Gasteiger partial charge in [-0.25, -0.2) is 4.98 Å². The maximum atomic E-state index is 11.1. The topological polar surface area (TPSA) is 78.9 Å². The van der Waals surface area contributed by atoms with Crippen molar-refractivity contribution < 1.29 is 14.2 Å². The average molecular weight is 303 g/mol. The lowest BCUT2D eigenvalue weighted by atomic mass is 9.77. The van der Waals surface area contributed by atoms with Crippen molar-refractivity contribution in [2.24, 2.45) is 0 Å². The first-order valence-corrected chi connectivity index (χ1v) is 7.10. The summed E-state index contributed by atoms with van der Waals surface area (Å²) in [6, 6.07) is 1.80. The molecule has 0 N–H and O–H groups in total. The van der Waals surface area contributed by atoms with E-state index in [1.54, 1.807) is 12.3 Å². The molecule has 1 saturated heterocycles. The molecule has 1 aliphatic rings. The number of nitrogens with zero attached hydrogens (tertiary/aromatic N) is 3. The van der Waals surface area contributed by atoms with E-state index in [1.807, 2.05) is 34.6 Å². The highest BCUT2D eigenvalue weighted by Gasteiger charge is 2.52. The summed E-state index contributed by atoms with van der Waals surface area (Å²) in [7, 11) is -0.559. The number of nitro groups is 1. The molecule has 3 rings (SSSR count). The van der Waals surface area contributed by atoms with Crippen LogP contribution in [0, 0.1) is 17.0 Å². The fraction of sp³-hybridized carbons (Fsp3) is 0.500. The van der Waals surface area contributed by atoms with Gasteiger partial charge >= 0.3 is 12.9 Å². The Hall–Kier alpha value is -1.93. The zero-order valence-corrected chi connectivity index (χ0v) is 13.3. The minimum absolute atomic E-state index is 0.0761. The number of hydrogen-bond acceptors (Lipinski definition) is 5. The molecule has 0 saturated carbocycles. The van der Waals surface area contributed by atoms with Gasteiger partial charge in [-0.2, -0.15) is 4.40 Å². The van der Waals surface area contributed by atoms with Gasteiger partial charge in [0, 0.05) is 11.5 Å². The molecular weight excluding hydrogens is 285 g/mol. The fourth-order valence-electron chi connectivity index (χ4n) is 2.47. The van der Waals surface area contributed by atoms with Gasteiger partial charge in [0.1, 0.15) is 6.20 Å². The summed E-state index contributed by atoms with van der Waals surface area (Å²) in [5.74, 6) is -0.0761. The van der Waals surface area contributed by atoms with Gasteiger partial charge in [0.25, 0.3) is 0 Å². The van der Waals surface area contributed by atoms with E-state index in [0.29, 0.717) is 5.65 Å². The second kappa shape index (κ2) is 4.53. The van der Waals surface area contributed by atoms with Crippen molar-refractivity contribution in [3.63, 3.8) is 0 Å². The standard InChI is InChI=1S/C14H18BN3O4/c1-9-6-11-16-7-12(18(19)20)17(11)8-10(9)15-21-13(2,3)14(4,5)22-15/h6-8H,1-5H3. The second-order valence-electron chi connectivity index (χ2n) is 6.60. The summed E-state index contributed by atoms with van der Waals surface area (Å²) in [6.07, 6.45) is 2.93. The Morgan fingerprint density at radius 2 is 1.86 bits per heavy atom. The summed E-state index contributed by atoms with van der Waals surface area (Å²) < 4.78 is 13.5. The minimum atomic E-state index is -0.559. The molecule has 0 atom stereocenters. The third kappa shape index (κ3) is 2.10. The molecule has 0 spiro atoms. The Balaban J connectivity index is 2.10. The Morgan fingerprint density at radius 1 is 1.27 bits per heavy atom. The van der Waals surface area contributed by atoms with Gasteiger partial charge in [-0.15, -0.1) is 0 Å². The van der Waals surface area contributed by atoms with Crippen LogP contribution in [0.25, 0.3) is 5.65 Å². The van der Waals surface area contributed by atoms with Crippen molar-refractivity contribution in [1.29, 1.82) is 0 Å². The summed E-state index contributed by atoms with van der Waals surface area (Å²) in [5, 5.41) is 11.1. The van der Waals surface area contributed by atoms with Crippen LogP contribution in [-0.2, 0) is 9.31 Å². The molecule has 0 bridgehead atoms. The second-order valence-corrected chi connectivity index (χ2v) is 6.60. The number of imidazole rings is 1. The fourth-order valence-corrected chi connectivity index (χ4v) is 2.47. The van der Waals surface area contributed by atoms with E-state index >= 15 is 0 Å². The van der Waals surface area contributed by atoms with Gasteiger partial charge in [0.15, 0.2) is 0 Å². The normalized spacial score (nSPS) is 19.8. The summed E-state index contributed by atoms with van der Waals surface area (Å²) >= 11 is 0. The van der Waals surface area contributed by atoms with E-state index < -0.39 is 23.2 Å². The van der Waals surface area contributed by atoms with Crippen molar-refractivity contribution >= 4 is 24.0 Å². The number of rotatable bonds is 2. The Bertz CT molecular complexity index is 753. The first kappa shape index (κ1) is 15.0. The number of pyridine rings is 1. The summed E-state index contributed by atoms with van der Waals surface area (Å²) in [4.78, 5) is 14.7. The maximum absolute atomic E-state index is 11.1. The largest absolute Gasteiger partial charge is 0.498 e. The van der Waals surface area contributed by atoms with Crippen LogP contribution in [0.3, 0.4) is 0 Å². The number of hydrogen-bond donors (Lipinski definition) is 0. The molecule has 3 heterocycles. The Morgan fingerprint density at radius 3 is 2.41 bits per heavy atom. The first-order valence-electron chi connectivity index (χ1n) is 7.10. The van der Waals surface area contributed by atoms with Gasteiger partial charge in [0.05, 0.1) is 17.4 Å². The lowest BCUT2D eigenvalue weighted by molar-refractivity contribution is -0.390. The lowest BCUT2D eigenvalue weighted by Gasteiger charge is -2.32. The third-order valence-corrected chi connectivity index (χ3v) is 4.57. The molecule has 0 unspecified atom stereocenters. The predicted molar refractivity (Wildman–Crippen MR) is 82.3 cm³/mol. The molecule has 116 valence electrons. The summed E-state index contributed by atoms with van der Waals surface area (Å²) in [6.45, 7) is 9.81. The van der Waals surface area contributed by atoms with E-state index in [2.05, 4.69) is 4.98 Å². The molecule has 0 amide bonds. The van der Waals surface area contributed by atoms with Crippen molar-refractivity contribution in [1.82, 2.24) is 9.38 Å².